The van der Waals surface area contributed by atoms with E-state index < -0.39 is 41.7 Å². The molecule has 0 saturated heterocycles. The number of fused-ring (bicyclic) bond motifs is 1. The number of ether oxygens (including phenoxy) is 1. The summed E-state index contributed by atoms with van der Waals surface area (Å²) < 4.78 is 6.25. The highest BCUT2D eigenvalue weighted by Gasteiger charge is 2.42. The molecule has 0 heterocycles. The number of aliphatic hydroxyl groups excluding tert-OH is 1. The summed E-state index contributed by atoms with van der Waals surface area (Å²) in [7, 11) is 0. The van der Waals surface area contributed by atoms with Gasteiger partial charge in [0.05, 0.1) is 18.7 Å². The Kier molecular flexibility index (Phi) is 12.4. The molecule has 10 nitrogen and oxygen atoms in total. The fourth-order valence-corrected chi connectivity index (χ4v) is 6.34. The Labute approximate surface area is 301 Å². The Bertz CT molecular complexity index is 1740. The van der Waals surface area contributed by atoms with Gasteiger partial charge >= 0.3 is 6.09 Å². The predicted octanol–water partition coefficient (Wildman–Crippen LogP) is 4.98. The zero-order valence-electron chi connectivity index (χ0n) is 28.1. The summed E-state index contributed by atoms with van der Waals surface area (Å²) in [5.74, 6) is -1.57. The molecule has 4 atom stereocenters. The quantitative estimate of drug-likeness (QED) is 0.115. The number of carbonyl (C=O) groups excluding carboxylic acids is 3. The van der Waals surface area contributed by atoms with Gasteiger partial charge in [-0.05, 0) is 45.9 Å². The molecule has 1 aliphatic carbocycles. The molecular formula is C39H43BrN4O6. The number of nitrogens with zero attached hydrogens (tertiary/aromatic N) is 1. The second-order valence-corrected chi connectivity index (χ2v) is 13.9. The van der Waals surface area contributed by atoms with E-state index in [1.54, 1.807) is 13.8 Å². The molecular weight excluding hydrogens is 700 g/mol. The lowest BCUT2D eigenvalue weighted by molar-refractivity contribution is -0.147. The van der Waals surface area contributed by atoms with Crippen molar-refractivity contribution < 1.29 is 29.3 Å². The number of benzene rings is 4. The Morgan fingerprint density at radius 2 is 1.50 bits per heavy atom. The van der Waals surface area contributed by atoms with Crippen LogP contribution in [0.1, 0.15) is 47.7 Å². The molecule has 5 rings (SSSR count). The standard InChI is InChI=1S/C39H43BrN4O6/c1-26(2)34(42-38(48)50-24-29-13-7-4-8-14-29)36(46)43-44(23-28-17-19-31(40)20-18-28)25-39(49,22-27-11-5-3-6-12-27)37(47)41-35-32-16-10-9-15-30(32)21-33(35)45/h3-20,26,33-35,45,49H,21-25H2,1-2H3,(H,41,47)(H,42,48)(H,43,46)/t33-,34+,35?,39+/m1/s1. The molecule has 11 heteroatoms. The van der Waals surface area contributed by atoms with Gasteiger partial charge in [0.15, 0.2) is 5.60 Å². The van der Waals surface area contributed by atoms with Crippen molar-refractivity contribution in [3.8, 4) is 0 Å². The monoisotopic (exact) mass is 742 g/mol. The number of halogens is 1. The van der Waals surface area contributed by atoms with Crippen LogP contribution < -0.4 is 16.1 Å². The van der Waals surface area contributed by atoms with E-state index in [4.69, 9.17) is 4.74 Å². The van der Waals surface area contributed by atoms with Crippen LogP contribution in [0.5, 0.6) is 0 Å². The Balaban J connectivity index is 1.39. The number of amides is 3. The van der Waals surface area contributed by atoms with Crippen molar-refractivity contribution in [3.63, 3.8) is 0 Å². The lowest BCUT2D eigenvalue weighted by atomic mass is 9.92. The third-order valence-corrected chi connectivity index (χ3v) is 9.22. The van der Waals surface area contributed by atoms with E-state index in [1.807, 2.05) is 109 Å². The Hall–Kier alpha value is -4.55. The van der Waals surface area contributed by atoms with Crippen LogP contribution in [0.15, 0.2) is 114 Å². The van der Waals surface area contributed by atoms with Crippen LogP contribution in [-0.2, 0) is 40.3 Å². The lowest BCUT2D eigenvalue weighted by Gasteiger charge is -2.36. The number of aliphatic hydroxyl groups is 2. The Morgan fingerprint density at radius 1 is 0.880 bits per heavy atom. The first kappa shape index (κ1) is 36.7. The fraction of sp³-hybridized carbons (Fsp3) is 0.308. The van der Waals surface area contributed by atoms with Crippen LogP contribution in [0.25, 0.3) is 0 Å². The maximum absolute atomic E-state index is 14.2. The summed E-state index contributed by atoms with van der Waals surface area (Å²) in [6.07, 6.45) is -1.32. The smallest absolute Gasteiger partial charge is 0.408 e. The van der Waals surface area contributed by atoms with Crippen LogP contribution in [-0.4, -0.2) is 57.4 Å². The molecule has 50 heavy (non-hydrogen) atoms. The predicted molar refractivity (Wildman–Crippen MR) is 193 cm³/mol. The van der Waals surface area contributed by atoms with Gasteiger partial charge in [0.1, 0.15) is 12.6 Å². The van der Waals surface area contributed by atoms with Crippen molar-refractivity contribution in [1.29, 1.82) is 0 Å². The fourth-order valence-electron chi connectivity index (χ4n) is 6.08. The second kappa shape index (κ2) is 16.9. The largest absolute Gasteiger partial charge is 0.445 e. The van der Waals surface area contributed by atoms with Gasteiger partial charge in [-0.2, -0.15) is 0 Å². The molecule has 4 aromatic rings. The number of nitrogens with one attached hydrogen (secondary N) is 3. The molecule has 0 saturated carbocycles. The van der Waals surface area contributed by atoms with Gasteiger partial charge in [-0.1, -0.05) is 127 Å². The second-order valence-electron chi connectivity index (χ2n) is 13.0. The SMILES string of the molecule is CC(C)[C@H](NC(=O)OCc1ccccc1)C(=O)NN(Cc1ccc(Br)cc1)C[C@@](O)(Cc1ccccc1)C(=O)NC1c2ccccc2C[C@H]1O. The summed E-state index contributed by atoms with van der Waals surface area (Å²) in [6, 6.07) is 31.6. The third-order valence-electron chi connectivity index (χ3n) is 8.70. The van der Waals surface area contributed by atoms with Crippen LogP contribution in [0.2, 0.25) is 0 Å². The maximum Gasteiger partial charge on any atom is 0.408 e. The van der Waals surface area contributed by atoms with Crippen molar-refractivity contribution in [1.82, 2.24) is 21.1 Å². The molecule has 0 fully saturated rings. The van der Waals surface area contributed by atoms with E-state index in [0.29, 0.717) is 12.0 Å². The molecule has 1 unspecified atom stereocenters. The normalized spacial score (nSPS) is 17.0. The summed E-state index contributed by atoms with van der Waals surface area (Å²) >= 11 is 3.45. The minimum absolute atomic E-state index is 0.0383. The van der Waals surface area contributed by atoms with Gasteiger partial charge < -0.3 is 25.6 Å². The highest BCUT2D eigenvalue weighted by atomic mass is 79.9. The summed E-state index contributed by atoms with van der Waals surface area (Å²) in [5, 5.41) is 30.3. The van der Waals surface area contributed by atoms with Gasteiger partial charge in [-0.3, -0.25) is 15.0 Å². The average molecular weight is 744 g/mol. The van der Waals surface area contributed by atoms with E-state index in [1.165, 1.54) is 5.01 Å². The first-order valence-electron chi connectivity index (χ1n) is 16.6. The van der Waals surface area contributed by atoms with Crippen molar-refractivity contribution >= 4 is 33.8 Å². The topological polar surface area (TPSA) is 140 Å². The van der Waals surface area contributed by atoms with E-state index in [-0.39, 0.29) is 32.0 Å². The molecule has 3 amide bonds. The number of carbonyl (C=O) groups is 3. The molecule has 4 aromatic carbocycles. The van der Waals surface area contributed by atoms with Crippen LogP contribution >= 0.6 is 15.9 Å². The van der Waals surface area contributed by atoms with E-state index >= 15 is 0 Å². The van der Waals surface area contributed by atoms with Crippen molar-refractivity contribution in [2.75, 3.05) is 6.54 Å². The van der Waals surface area contributed by atoms with Gasteiger partial charge in [0, 0.05) is 23.9 Å². The maximum atomic E-state index is 14.2. The van der Waals surface area contributed by atoms with E-state index in [2.05, 4.69) is 32.0 Å². The molecule has 0 radical (unpaired) electrons. The molecule has 1 aliphatic rings. The number of rotatable bonds is 14. The van der Waals surface area contributed by atoms with Crippen LogP contribution in [0, 0.1) is 5.92 Å². The van der Waals surface area contributed by atoms with E-state index in [0.717, 1.165) is 26.7 Å². The number of alkyl carbamates (subject to hydrolysis) is 1. The van der Waals surface area contributed by atoms with Crippen LogP contribution in [0.3, 0.4) is 0 Å². The molecule has 0 aromatic heterocycles. The molecule has 5 N–H and O–H groups in total. The number of hydrazine groups is 1. The molecule has 0 bridgehead atoms. The zero-order chi connectivity index (χ0) is 35.7. The summed E-state index contributed by atoms with van der Waals surface area (Å²) in [6.45, 7) is 3.44. The highest BCUT2D eigenvalue weighted by molar-refractivity contribution is 9.10. The van der Waals surface area contributed by atoms with Crippen LogP contribution in [0.4, 0.5) is 4.79 Å². The molecule has 0 spiro atoms. The highest BCUT2D eigenvalue weighted by Crippen LogP contribution is 2.32. The van der Waals surface area contributed by atoms with Gasteiger partial charge in [0.2, 0.25) is 0 Å². The summed E-state index contributed by atoms with van der Waals surface area (Å²) in [5.41, 5.74) is 4.84. The minimum atomic E-state index is -2.06. The van der Waals surface area contributed by atoms with Gasteiger partial charge in [-0.15, -0.1) is 0 Å². The van der Waals surface area contributed by atoms with Crippen molar-refractivity contribution in [2.45, 2.75) is 63.6 Å². The van der Waals surface area contributed by atoms with Gasteiger partial charge in [-0.25, -0.2) is 9.80 Å². The van der Waals surface area contributed by atoms with Crippen molar-refractivity contribution in [3.05, 3.63) is 141 Å². The lowest BCUT2D eigenvalue weighted by Crippen LogP contribution is -2.61. The first-order valence-corrected chi connectivity index (χ1v) is 17.4. The first-order chi connectivity index (χ1) is 24.0. The Morgan fingerprint density at radius 3 is 2.16 bits per heavy atom. The molecule has 262 valence electrons. The number of hydrogen-bond donors (Lipinski definition) is 5. The van der Waals surface area contributed by atoms with Crippen molar-refractivity contribution in [2.24, 2.45) is 5.92 Å². The molecule has 0 aliphatic heterocycles. The third kappa shape index (κ3) is 9.79. The average Bonchev–Trinajstić information content (AvgIpc) is 3.42. The minimum Gasteiger partial charge on any atom is -0.445 e. The van der Waals surface area contributed by atoms with E-state index in [9.17, 15) is 24.6 Å². The number of hydrogen-bond acceptors (Lipinski definition) is 7. The summed E-state index contributed by atoms with van der Waals surface area (Å²) in [4.78, 5) is 40.9. The zero-order valence-corrected chi connectivity index (χ0v) is 29.7. The van der Waals surface area contributed by atoms with Gasteiger partial charge in [0.25, 0.3) is 11.8 Å².